The first-order valence-electron chi connectivity index (χ1n) is 6.89. The number of anilines is 1. The van der Waals surface area contributed by atoms with Crippen molar-refractivity contribution in [2.24, 2.45) is 4.99 Å². The van der Waals surface area contributed by atoms with Crippen LogP contribution < -0.4 is 10.1 Å². The largest absolute Gasteiger partial charge is 0.479 e. The molecule has 0 fully saturated rings. The molecule has 1 aromatic heterocycles. The van der Waals surface area contributed by atoms with E-state index >= 15 is 0 Å². The van der Waals surface area contributed by atoms with Crippen molar-refractivity contribution in [3.05, 3.63) is 21.1 Å². The van der Waals surface area contributed by atoms with E-state index in [-0.39, 0.29) is 41.6 Å². The molecule has 0 radical (unpaired) electrons. The lowest BCUT2D eigenvalue weighted by molar-refractivity contribution is -0.757. The van der Waals surface area contributed by atoms with Crippen molar-refractivity contribution in [3.63, 3.8) is 0 Å². The van der Waals surface area contributed by atoms with Crippen LogP contribution in [0.4, 0.5) is 5.69 Å². The smallest absolute Gasteiger partial charge is 0.294 e. The number of carbonyl (C=O) groups is 1. The number of hydrogen-bond donors (Lipinski definition) is 1. The van der Waals surface area contributed by atoms with Crippen LogP contribution in [0, 0.1) is 17.0 Å². The predicted octanol–water partition coefficient (Wildman–Crippen LogP) is 0.656. The Morgan fingerprint density at radius 2 is 2.25 bits per heavy atom. The summed E-state index contributed by atoms with van der Waals surface area (Å²) in [4.78, 5) is 40.0. The third-order valence-electron chi connectivity index (χ3n) is 3.03. The fourth-order valence-corrected chi connectivity index (χ4v) is 2.27. The van der Waals surface area contributed by atoms with Gasteiger partial charge in [0.05, 0.1) is 20.1 Å². The van der Waals surface area contributed by atoms with Crippen LogP contribution in [0.15, 0.2) is 4.99 Å². The lowest BCUT2D eigenvalue weighted by Crippen LogP contribution is -2.39. The quantitative estimate of drug-likeness (QED) is 0.445. The van der Waals surface area contributed by atoms with Gasteiger partial charge in [0.25, 0.3) is 5.09 Å². The maximum Gasteiger partial charge on any atom is 0.294 e. The van der Waals surface area contributed by atoms with Crippen LogP contribution in [-0.2, 0) is 9.63 Å². The van der Waals surface area contributed by atoms with E-state index in [4.69, 9.17) is 16.3 Å². The van der Waals surface area contributed by atoms with Crippen LogP contribution in [-0.4, -0.2) is 58.6 Å². The van der Waals surface area contributed by atoms with E-state index in [2.05, 4.69) is 25.1 Å². The summed E-state index contributed by atoms with van der Waals surface area (Å²) >= 11 is 6.09. The van der Waals surface area contributed by atoms with Crippen molar-refractivity contribution in [2.45, 2.75) is 13.3 Å². The average Bonchev–Trinajstić information content (AvgIpc) is 2.97. The minimum Gasteiger partial charge on any atom is -0.479 e. The highest BCUT2D eigenvalue weighted by Crippen LogP contribution is 2.29. The average molecular weight is 359 g/mol. The van der Waals surface area contributed by atoms with E-state index in [0.717, 1.165) is 0 Å². The Morgan fingerprint density at radius 3 is 2.92 bits per heavy atom. The van der Waals surface area contributed by atoms with Gasteiger partial charge in [-0.25, -0.2) is 4.98 Å². The monoisotopic (exact) mass is 358 g/mol. The molecule has 0 saturated heterocycles. The summed E-state index contributed by atoms with van der Waals surface area (Å²) in [5.74, 6) is 0.518. The number of carbonyl (C=O) groups excluding carboxylic acids is 1. The molecule has 0 aliphatic carbocycles. The second-order valence-corrected chi connectivity index (χ2v) is 4.99. The van der Waals surface area contributed by atoms with Gasteiger partial charge in [0.15, 0.2) is 5.15 Å². The van der Waals surface area contributed by atoms with Gasteiger partial charge in [0.2, 0.25) is 17.7 Å². The Kier molecular flexibility index (Phi) is 5.68. The number of guanidine groups is 1. The number of hydrogen-bond acceptors (Lipinski definition) is 9. The zero-order valence-corrected chi connectivity index (χ0v) is 13.7. The second-order valence-electron chi connectivity index (χ2n) is 4.63. The van der Waals surface area contributed by atoms with E-state index in [0.29, 0.717) is 18.9 Å². The Balaban J connectivity index is 2.09. The number of amides is 1. The van der Waals surface area contributed by atoms with Gasteiger partial charge < -0.3 is 14.9 Å². The molecule has 0 atom stereocenters. The van der Waals surface area contributed by atoms with Gasteiger partial charge in [0.1, 0.15) is 18.1 Å². The molecule has 24 heavy (non-hydrogen) atoms. The zero-order chi connectivity index (χ0) is 17.7. The van der Waals surface area contributed by atoms with Crippen LogP contribution in [0.3, 0.4) is 0 Å². The van der Waals surface area contributed by atoms with Crippen molar-refractivity contribution < 1.29 is 19.5 Å². The molecular formula is C12H15ClN6O5. The van der Waals surface area contributed by atoms with Gasteiger partial charge in [-0.1, -0.05) is 11.6 Å². The summed E-state index contributed by atoms with van der Waals surface area (Å²) in [6, 6.07) is 0. The number of methoxy groups -OCH3 is 1. The van der Waals surface area contributed by atoms with E-state index < -0.39 is 5.09 Å². The summed E-state index contributed by atoms with van der Waals surface area (Å²) in [5, 5.41) is 12.2. The zero-order valence-electron chi connectivity index (χ0n) is 13.0. The van der Waals surface area contributed by atoms with Crippen LogP contribution >= 0.6 is 11.6 Å². The Bertz CT molecular complexity index is 682. The molecule has 12 heteroatoms. The number of aromatic nitrogens is 2. The van der Waals surface area contributed by atoms with E-state index in [1.54, 1.807) is 6.92 Å². The van der Waals surface area contributed by atoms with Crippen molar-refractivity contribution in [1.82, 2.24) is 14.9 Å². The van der Waals surface area contributed by atoms with Gasteiger partial charge >= 0.3 is 0 Å². The fraction of sp³-hybridized carbons (Fsp3) is 0.500. The Morgan fingerprint density at radius 1 is 1.50 bits per heavy atom. The van der Waals surface area contributed by atoms with E-state index in [9.17, 15) is 14.9 Å². The molecule has 1 aromatic rings. The molecule has 2 rings (SSSR count). The molecule has 0 aromatic carbocycles. The third kappa shape index (κ3) is 4.19. The molecule has 1 N–H and O–H groups in total. The Hall–Kier alpha value is -2.69. The molecule has 130 valence electrons. The van der Waals surface area contributed by atoms with Crippen molar-refractivity contribution in [2.75, 3.05) is 32.1 Å². The number of rotatable bonds is 6. The maximum atomic E-state index is 12.1. The molecule has 1 amide bonds. The summed E-state index contributed by atoms with van der Waals surface area (Å²) in [7, 11) is 1.43. The van der Waals surface area contributed by atoms with Crippen LogP contribution in [0.25, 0.3) is 0 Å². The number of nitrogens with one attached hydrogen (secondary N) is 1. The maximum absolute atomic E-state index is 12.1. The molecule has 0 saturated carbocycles. The molecule has 1 aliphatic heterocycles. The highest BCUT2D eigenvalue weighted by Gasteiger charge is 2.26. The highest BCUT2D eigenvalue weighted by atomic mass is 35.5. The highest BCUT2D eigenvalue weighted by molar-refractivity contribution is 6.33. The third-order valence-corrected chi connectivity index (χ3v) is 3.30. The van der Waals surface area contributed by atoms with Gasteiger partial charge in [0, 0.05) is 6.54 Å². The first-order valence-corrected chi connectivity index (χ1v) is 7.27. The number of nitrogens with zero attached hydrogens (tertiary/aromatic N) is 5. The van der Waals surface area contributed by atoms with Crippen molar-refractivity contribution >= 4 is 29.2 Å². The van der Waals surface area contributed by atoms with Gasteiger partial charge in [-0.3, -0.25) is 14.7 Å². The number of aliphatic imine (C=N–C) groups is 1. The van der Waals surface area contributed by atoms with Gasteiger partial charge in [-0.15, -0.1) is 10.1 Å². The molecule has 0 spiro atoms. The van der Waals surface area contributed by atoms with Crippen molar-refractivity contribution in [3.8, 4) is 5.88 Å². The summed E-state index contributed by atoms with van der Waals surface area (Å²) < 4.78 is 5.15. The molecule has 0 unspecified atom stereocenters. The van der Waals surface area contributed by atoms with E-state index in [1.165, 1.54) is 12.0 Å². The minimum atomic E-state index is -0.946. The van der Waals surface area contributed by atoms with Crippen molar-refractivity contribution in [1.29, 1.82) is 0 Å². The summed E-state index contributed by atoms with van der Waals surface area (Å²) in [6.45, 7) is 2.06. The van der Waals surface area contributed by atoms with Gasteiger partial charge in [-0.2, -0.15) is 4.98 Å². The van der Waals surface area contributed by atoms with Crippen LogP contribution in [0.2, 0.25) is 5.15 Å². The number of ether oxygens (including phenoxy) is 1. The summed E-state index contributed by atoms with van der Waals surface area (Å²) in [6.07, 6.45) is -0.156. The van der Waals surface area contributed by atoms with Crippen LogP contribution in [0.1, 0.15) is 12.2 Å². The normalized spacial score (nSPS) is 13.5. The molecule has 2 heterocycles. The van der Waals surface area contributed by atoms with Gasteiger partial charge in [-0.05, 0) is 6.92 Å². The molecular weight excluding hydrogens is 344 g/mol. The minimum absolute atomic E-state index is 0.123. The number of aryl methyl sites for hydroxylation is 1. The van der Waals surface area contributed by atoms with E-state index in [1.807, 2.05) is 0 Å². The fourth-order valence-electron chi connectivity index (χ4n) is 2.02. The summed E-state index contributed by atoms with van der Waals surface area (Å²) in [5.41, 5.74) is 0.282. The topological polar surface area (TPSA) is 132 Å². The predicted molar refractivity (Wildman–Crippen MR) is 83.5 cm³/mol. The lowest BCUT2D eigenvalue weighted by Gasteiger charge is -2.20. The first kappa shape index (κ1) is 17.7. The van der Waals surface area contributed by atoms with Crippen LogP contribution in [0.5, 0.6) is 5.88 Å². The Labute approximate surface area is 141 Å². The lowest BCUT2D eigenvalue weighted by atomic mass is 10.4. The first-order chi connectivity index (χ1) is 11.4. The second kappa shape index (κ2) is 7.73. The SMILES string of the molecule is COc1nc(C)nc(Cl)c1NC1=NCCN1C(=O)CCO[N+](=O)[O-]. The molecule has 1 aliphatic rings. The molecule has 11 nitrogen and oxygen atoms in total. The standard InChI is InChI=1S/C12H15ClN6O5/c1-7-15-10(13)9(11(16-7)23-2)17-12-14-4-5-18(12)8(20)3-6-24-19(21)22/h3-6H2,1-2H3,(H,14,17). The molecule has 0 bridgehead atoms. The number of halogens is 1.